The zero-order valence-electron chi connectivity index (χ0n) is 15.5. The van der Waals surface area contributed by atoms with Gasteiger partial charge in [0.25, 0.3) is 0 Å². The summed E-state index contributed by atoms with van der Waals surface area (Å²) >= 11 is 11.3. The average Bonchev–Trinajstić information content (AvgIpc) is 2.69. The van der Waals surface area contributed by atoms with Crippen LogP contribution in [0.1, 0.15) is 43.2 Å². The fraction of sp³-hybridized carbons (Fsp3) is 0.333. The summed E-state index contributed by atoms with van der Waals surface area (Å²) in [6.07, 6.45) is 7.76. The average molecular weight is 420 g/mol. The summed E-state index contributed by atoms with van der Waals surface area (Å²) in [4.78, 5) is 0. The van der Waals surface area contributed by atoms with Gasteiger partial charge in [-0.2, -0.15) is 5.10 Å². The van der Waals surface area contributed by atoms with Crippen molar-refractivity contribution in [3.63, 3.8) is 0 Å². The van der Waals surface area contributed by atoms with Crippen LogP contribution in [0.3, 0.4) is 0 Å². The van der Waals surface area contributed by atoms with Gasteiger partial charge in [0.15, 0.2) is 5.11 Å². The van der Waals surface area contributed by atoms with Crippen molar-refractivity contribution >= 4 is 35.1 Å². The minimum absolute atomic E-state index is 0.0553. The number of ether oxygens (including phenoxy) is 1. The van der Waals surface area contributed by atoms with Gasteiger partial charge in [-0.15, -0.1) is 0 Å². The van der Waals surface area contributed by atoms with E-state index in [-0.39, 0.29) is 12.4 Å². The fourth-order valence-corrected chi connectivity index (χ4v) is 3.58. The van der Waals surface area contributed by atoms with Crippen LogP contribution >= 0.6 is 23.8 Å². The highest BCUT2D eigenvalue weighted by atomic mass is 35.5. The first-order valence-electron chi connectivity index (χ1n) is 9.37. The van der Waals surface area contributed by atoms with Gasteiger partial charge in [0, 0.05) is 11.6 Å². The molecular weight excluding hydrogens is 397 g/mol. The second-order valence-electron chi connectivity index (χ2n) is 6.74. The lowest BCUT2D eigenvalue weighted by Crippen LogP contribution is -2.40. The van der Waals surface area contributed by atoms with Crippen LogP contribution in [-0.4, -0.2) is 17.4 Å². The Labute approximate surface area is 175 Å². The molecule has 0 saturated heterocycles. The Morgan fingerprint density at radius 3 is 2.79 bits per heavy atom. The molecule has 1 aliphatic rings. The summed E-state index contributed by atoms with van der Waals surface area (Å²) in [6, 6.07) is 12.4. The Kier molecular flexibility index (Phi) is 7.62. The first-order chi connectivity index (χ1) is 13.6. The summed E-state index contributed by atoms with van der Waals surface area (Å²) in [7, 11) is 0. The number of halogens is 2. The Morgan fingerprint density at radius 1 is 1.21 bits per heavy atom. The Morgan fingerprint density at radius 2 is 2.00 bits per heavy atom. The number of hydrogen-bond donors (Lipinski definition) is 2. The molecule has 28 heavy (non-hydrogen) atoms. The molecule has 0 bridgehead atoms. The van der Waals surface area contributed by atoms with Gasteiger partial charge < -0.3 is 10.1 Å². The van der Waals surface area contributed by atoms with Gasteiger partial charge in [0.05, 0.1) is 11.2 Å². The van der Waals surface area contributed by atoms with Crippen LogP contribution in [0.15, 0.2) is 47.6 Å². The second kappa shape index (κ2) is 10.4. The summed E-state index contributed by atoms with van der Waals surface area (Å²) in [5.41, 5.74) is 4.03. The molecule has 2 aromatic rings. The molecule has 1 aliphatic carbocycles. The van der Waals surface area contributed by atoms with E-state index in [0.29, 0.717) is 27.5 Å². The summed E-state index contributed by atoms with van der Waals surface area (Å²) in [5, 5.41) is 8.36. The maximum atomic E-state index is 13.8. The first kappa shape index (κ1) is 20.6. The molecule has 0 radical (unpaired) electrons. The highest BCUT2D eigenvalue weighted by molar-refractivity contribution is 7.80. The van der Waals surface area contributed by atoms with E-state index < -0.39 is 0 Å². The highest BCUT2D eigenvalue weighted by Crippen LogP contribution is 2.22. The largest absolute Gasteiger partial charge is 0.489 e. The van der Waals surface area contributed by atoms with E-state index in [4.69, 9.17) is 28.6 Å². The van der Waals surface area contributed by atoms with Gasteiger partial charge >= 0.3 is 0 Å². The number of hydrogen-bond acceptors (Lipinski definition) is 3. The quantitative estimate of drug-likeness (QED) is 0.384. The maximum Gasteiger partial charge on any atom is 0.187 e. The lowest BCUT2D eigenvalue weighted by Gasteiger charge is -2.23. The van der Waals surface area contributed by atoms with Crippen LogP contribution in [0.2, 0.25) is 5.02 Å². The predicted octanol–water partition coefficient (Wildman–Crippen LogP) is 5.19. The number of nitrogens with one attached hydrogen (secondary N) is 2. The molecule has 0 aromatic heterocycles. The van der Waals surface area contributed by atoms with Gasteiger partial charge in [-0.1, -0.05) is 49.1 Å². The predicted molar refractivity (Wildman–Crippen MR) is 116 cm³/mol. The van der Waals surface area contributed by atoms with Crippen LogP contribution < -0.4 is 15.5 Å². The molecule has 0 unspecified atom stereocenters. The van der Waals surface area contributed by atoms with Crippen molar-refractivity contribution < 1.29 is 9.13 Å². The van der Waals surface area contributed by atoms with Crippen molar-refractivity contribution in [3.8, 4) is 5.75 Å². The first-order valence-corrected chi connectivity index (χ1v) is 10.2. The van der Waals surface area contributed by atoms with Crippen molar-refractivity contribution in [2.45, 2.75) is 44.8 Å². The lowest BCUT2D eigenvalue weighted by atomic mass is 9.96. The van der Waals surface area contributed by atoms with Gasteiger partial charge in [-0.25, -0.2) is 4.39 Å². The van der Waals surface area contributed by atoms with Crippen molar-refractivity contribution in [1.29, 1.82) is 0 Å². The van der Waals surface area contributed by atoms with E-state index in [2.05, 4.69) is 15.8 Å². The van der Waals surface area contributed by atoms with Gasteiger partial charge in [-0.3, -0.25) is 5.43 Å². The molecule has 2 aromatic carbocycles. The third kappa shape index (κ3) is 6.17. The molecule has 1 saturated carbocycles. The Balaban J connectivity index is 1.51. The lowest BCUT2D eigenvalue weighted by molar-refractivity contribution is 0.300. The van der Waals surface area contributed by atoms with Crippen LogP contribution in [0.5, 0.6) is 5.75 Å². The number of hydrazone groups is 1. The molecule has 0 amide bonds. The van der Waals surface area contributed by atoms with Crippen LogP contribution in [0.4, 0.5) is 4.39 Å². The topological polar surface area (TPSA) is 45.6 Å². The summed E-state index contributed by atoms with van der Waals surface area (Å²) < 4.78 is 19.5. The monoisotopic (exact) mass is 419 g/mol. The summed E-state index contributed by atoms with van der Waals surface area (Å²) in [6.45, 7) is 0.0553. The fourth-order valence-electron chi connectivity index (χ4n) is 3.14. The molecule has 0 atom stereocenters. The van der Waals surface area contributed by atoms with Crippen molar-refractivity contribution in [3.05, 3.63) is 64.4 Å². The van der Waals surface area contributed by atoms with Crippen LogP contribution in [0, 0.1) is 5.82 Å². The Hall–Kier alpha value is -2.18. The molecule has 7 heteroatoms. The molecule has 0 heterocycles. The third-order valence-corrected chi connectivity index (χ3v) is 5.19. The van der Waals surface area contributed by atoms with E-state index >= 15 is 0 Å². The molecule has 1 fully saturated rings. The minimum Gasteiger partial charge on any atom is -0.489 e. The van der Waals surface area contributed by atoms with Gasteiger partial charge in [0.1, 0.15) is 18.2 Å². The van der Waals surface area contributed by atoms with E-state index in [9.17, 15) is 4.39 Å². The number of nitrogens with zero attached hydrogens (tertiary/aromatic N) is 1. The molecule has 0 spiro atoms. The van der Waals surface area contributed by atoms with E-state index in [1.54, 1.807) is 24.4 Å². The normalized spacial score (nSPS) is 14.8. The maximum absolute atomic E-state index is 13.8. The molecule has 148 valence electrons. The highest BCUT2D eigenvalue weighted by Gasteiger charge is 2.13. The van der Waals surface area contributed by atoms with E-state index in [1.165, 1.54) is 25.3 Å². The summed E-state index contributed by atoms with van der Waals surface area (Å²) in [5.74, 6) is 0.222. The van der Waals surface area contributed by atoms with E-state index in [0.717, 1.165) is 18.4 Å². The van der Waals surface area contributed by atoms with Gasteiger partial charge in [-0.05, 0) is 54.9 Å². The molecule has 4 nitrogen and oxygen atoms in total. The number of rotatable bonds is 6. The van der Waals surface area contributed by atoms with Crippen molar-refractivity contribution in [2.24, 2.45) is 5.10 Å². The molecule has 0 aliphatic heterocycles. The number of thiocarbonyl (C=S) groups is 1. The number of benzene rings is 2. The van der Waals surface area contributed by atoms with Crippen LogP contribution in [0.25, 0.3) is 0 Å². The third-order valence-electron chi connectivity index (χ3n) is 4.62. The molecule has 3 rings (SSSR count). The van der Waals surface area contributed by atoms with Crippen molar-refractivity contribution in [1.82, 2.24) is 10.7 Å². The minimum atomic E-state index is -0.381. The Bertz CT molecular complexity index is 820. The van der Waals surface area contributed by atoms with Crippen LogP contribution in [-0.2, 0) is 6.61 Å². The molecule has 2 N–H and O–H groups in total. The molecular formula is C21H23ClFN3OS. The smallest absolute Gasteiger partial charge is 0.187 e. The standard InChI is InChI=1S/C21H23ClFN3OS/c22-19-10-5-11-20(23)18(19)14-27-17-9-4-6-15(12-17)13-24-26-21(28)25-16-7-2-1-3-8-16/h4-6,9-13,16H,1-3,7-8,14H2,(H2,25,26,28)/b24-13+. The van der Waals surface area contributed by atoms with Crippen molar-refractivity contribution in [2.75, 3.05) is 0 Å². The second-order valence-corrected chi connectivity index (χ2v) is 7.56. The zero-order chi connectivity index (χ0) is 19.8. The zero-order valence-corrected chi connectivity index (χ0v) is 17.0. The SMILES string of the molecule is Fc1cccc(Cl)c1COc1cccc(/C=N/NC(=S)NC2CCCCC2)c1. The van der Waals surface area contributed by atoms with Gasteiger partial charge in [0.2, 0.25) is 0 Å². The van der Waals surface area contributed by atoms with E-state index in [1.807, 2.05) is 18.2 Å².